The van der Waals surface area contributed by atoms with Gasteiger partial charge in [0.05, 0.1) is 23.2 Å². The van der Waals surface area contributed by atoms with Crippen LogP contribution in [0.1, 0.15) is 36.0 Å². The van der Waals surface area contributed by atoms with Gasteiger partial charge in [-0.25, -0.2) is 0 Å². The topological polar surface area (TPSA) is 71.5 Å². The van der Waals surface area contributed by atoms with Crippen LogP contribution in [0.2, 0.25) is 0 Å². The van der Waals surface area contributed by atoms with E-state index >= 15 is 0 Å². The molecule has 0 bridgehead atoms. The van der Waals surface area contributed by atoms with Crippen molar-refractivity contribution in [3.63, 3.8) is 0 Å². The SMILES string of the molecule is CNC(=O)CC[C@H]1[C@@H](OC)CCCN1C(=O)c1cnc2ccccc2c1. The van der Waals surface area contributed by atoms with Crippen LogP contribution in [0, 0.1) is 0 Å². The summed E-state index contributed by atoms with van der Waals surface area (Å²) in [5.74, 6) is -0.0721. The van der Waals surface area contributed by atoms with Gasteiger partial charge in [-0.1, -0.05) is 18.2 Å². The summed E-state index contributed by atoms with van der Waals surface area (Å²) in [5, 5.41) is 3.59. The van der Waals surface area contributed by atoms with Crippen molar-refractivity contribution in [1.29, 1.82) is 0 Å². The Kier molecular flexibility index (Phi) is 5.83. The molecule has 1 aliphatic rings. The predicted molar refractivity (Wildman–Crippen MR) is 99.9 cm³/mol. The highest BCUT2D eigenvalue weighted by atomic mass is 16.5. The number of nitrogens with one attached hydrogen (secondary N) is 1. The fraction of sp³-hybridized carbons (Fsp3) is 0.450. The first kappa shape index (κ1) is 18.3. The largest absolute Gasteiger partial charge is 0.379 e. The molecule has 1 saturated heterocycles. The van der Waals surface area contributed by atoms with Gasteiger partial charge in [0.2, 0.25) is 5.91 Å². The second kappa shape index (κ2) is 8.27. The van der Waals surface area contributed by atoms with Gasteiger partial charge in [0, 0.05) is 38.7 Å². The molecule has 6 nitrogen and oxygen atoms in total. The van der Waals surface area contributed by atoms with Crippen molar-refractivity contribution in [3.8, 4) is 0 Å². The van der Waals surface area contributed by atoms with Crippen LogP contribution in [0.3, 0.4) is 0 Å². The first-order chi connectivity index (χ1) is 12.6. The summed E-state index contributed by atoms with van der Waals surface area (Å²) in [6.07, 6.45) is 4.34. The number of piperidine rings is 1. The zero-order valence-corrected chi connectivity index (χ0v) is 15.3. The molecular formula is C20H25N3O3. The molecule has 2 atom stereocenters. The maximum atomic E-state index is 13.2. The van der Waals surface area contributed by atoms with E-state index in [1.165, 1.54) is 0 Å². The van der Waals surface area contributed by atoms with Gasteiger partial charge in [0.1, 0.15) is 0 Å². The summed E-state index contributed by atoms with van der Waals surface area (Å²) >= 11 is 0. The van der Waals surface area contributed by atoms with Gasteiger partial charge in [-0.2, -0.15) is 0 Å². The minimum Gasteiger partial charge on any atom is -0.379 e. The molecule has 6 heteroatoms. The zero-order chi connectivity index (χ0) is 18.5. The average molecular weight is 355 g/mol. The second-order valence-electron chi connectivity index (χ2n) is 6.61. The lowest BCUT2D eigenvalue weighted by molar-refractivity contribution is -0.121. The monoisotopic (exact) mass is 355 g/mol. The summed E-state index contributed by atoms with van der Waals surface area (Å²) in [7, 11) is 3.30. The number of pyridine rings is 1. The maximum absolute atomic E-state index is 13.2. The molecule has 3 rings (SSSR count). The highest BCUT2D eigenvalue weighted by molar-refractivity contribution is 5.97. The molecular weight excluding hydrogens is 330 g/mol. The lowest BCUT2D eigenvalue weighted by atomic mass is 9.93. The predicted octanol–water partition coefficient (Wildman–Crippen LogP) is 2.38. The number of benzene rings is 1. The van der Waals surface area contributed by atoms with Crippen molar-refractivity contribution in [1.82, 2.24) is 15.2 Å². The lowest BCUT2D eigenvalue weighted by Crippen LogP contribution is -2.52. The van der Waals surface area contributed by atoms with Crippen LogP contribution in [0.5, 0.6) is 0 Å². The van der Waals surface area contributed by atoms with Crippen molar-refractivity contribution in [2.45, 2.75) is 37.8 Å². The van der Waals surface area contributed by atoms with Crippen molar-refractivity contribution < 1.29 is 14.3 Å². The number of amides is 2. The van der Waals surface area contributed by atoms with E-state index in [4.69, 9.17) is 4.74 Å². The van der Waals surface area contributed by atoms with E-state index in [1.807, 2.05) is 35.2 Å². The fourth-order valence-corrected chi connectivity index (χ4v) is 3.65. The van der Waals surface area contributed by atoms with Crippen LogP contribution in [0.4, 0.5) is 0 Å². The van der Waals surface area contributed by atoms with E-state index < -0.39 is 0 Å². The Hall–Kier alpha value is -2.47. The first-order valence-electron chi connectivity index (χ1n) is 9.03. The van der Waals surface area contributed by atoms with Crippen molar-refractivity contribution in [2.75, 3.05) is 20.7 Å². The van der Waals surface area contributed by atoms with Crippen LogP contribution < -0.4 is 5.32 Å². The summed E-state index contributed by atoms with van der Waals surface area (Å²) in [6, 6.07) is 9.53. The lowest BCUT2D eigenvalue weighted by Gasteiger charge is -2.40. The first-order valence-corrected chi connectivity index (χ1v) is 9.03. The van der Waals surface area contributed by atoms with Crippen LogP contribution in [0.25, 0.3) is 10.9 Å². The molecule has 0 spiro atoms. The quantitative estimate of drug-likeness (QED) is 0.894. The molecule has 138 valence electrons. The smallest absolute Gasteiger partial charge is 0.255 e. The Morgan fingerprint density at radius 3 is 2.92 bits per heavy atom. The molecule has 2 amide bonds. The van der Waals surface area contributed by atoms with E-state index in [0.717, 1.165) is 23.7 Å². The van der Waals surface area contributed by atoms with E-state index in [0.29, 0.717) is 24.9 Å². The third-order valence-corrected chi connectivity index (χ3v) is 5.06. The van der Waals surface area contributed by atoms with Crippen LogP contribution in [0.15, 0.2) is 36.5 Å². The average Bonchev–Trinajstić information content (AvgIpc) is 2.70. The van der Waals surface area contributed by atoms with Crippen LogP contribution in [-0.2, 0) is 9.53 Å². The third kappa shape index (κ3) is 3.85. The molecule has 26 heavy (non-hydrogen) atoms. The molecule has 0 saturated carbocycles. The Labute approximate surface area is 153 Å². The zero-order valence-electron chi connectivity index (χ0n) is 15.3. The van der Waals surface area contributed by atoms with Gasteiger partial charge in [-0.05, 0) is 31.4 Å². The number of nitrogens with zero attached hydrogens (tertiary/aromatic N) is 2. The van der Waals surface area contributed by atoms with Gasteiger partial charge in [-0.3, -0.25) is 14.6 Å². The number of hydrogen-bond acceptors (Lipinski definition) is 4. The number of ether oxygens (including phenoxy) is 1. The Morgan fingerprint density at radius 1 is 1.35 bits per heavy atom. The fourth-order valence-electron chi connectivity index (χ4n) is 3.65. The molecule has 1 fully saturated rings. The van der Waals surface area contributed by atoms with E-state index in [2.05, 4.69) is 10.3 Å². The van der Waals surface area contributed by atoms with Gasteiger partial charge in [0.25, 0.3) is 5.91 Å². The minimum atomic E-state index is -0.106. The summed E-state index contributed by atoms with van der Waals surface area (Å²) < 4.78 is 5.61. The number of rotatable bonds is 5. The molecule has 0 aliphatic carbocycles. The molecule has 0 radical (unpaired) electrons. The van der Waals surface area contributed by atoms with Crippen LogP contribution in [-0.4, -0.2) is 54.5 Å². The molecule has 2 heterocycles. The minimum absolute atomic E-state index is 0.0230. The standard InChI is InChI=1S/C20H25N3O3/c1-21-19(24)10-9-17-18(26-2)8-5-11-23(17)20(25)15-12-14-6-3-4-7-16(14)22-13-15/h3-4,6-7,12-13,17-18H,5,8-11H2,1-2H3,(H,21,24)/t17-,18-/m0/s1. The summed E-state index contributed by atoms with van der Waals surface area (Å²) in [4.78, 5) is 31.1. The molecule has 2 aromatic rings. The summed E-state index contributed by atoms with van der Waals surface area (Å²) in [5.41, 5.74) is 1.44. The summed E-state index contributed by atoms with van der Waals surface area (Å²) in [6.45, 7) is 0.671. The number of methoxy groups -OCH3 is 1. The molecule has 1 aliphatic heterocycles. The van der Waals surface area contributed by atoms with Crippen molar-refractivity contribution in [3.05, 3.63) is 42.1 Å². The molecule has 0 unspecified atom stereocenters. The Morgan fingerprint density at radius 2 is 2.15 bits per heavy atom. The number of fused-ring (bicyclic) bond motifs is 1. The second-order valence-corrected chi connectivity index (χ2v) is 6.61. The number of hydrogen-bond donors (Lipinski definition) is 1. The molecule has 1 N–H and O–H groups in total. The molecule has 1 aromatic carbocycles. The highest BCUT2D eigenvalue weighted by Crippen LogP contribution is 2.26. The third-order valence-electron chi connectivity index (χ3n) is 5.06. The number of aromatic nitrogens is 1. The number of para-hydroxylation sites is 1. The number of carbonyl (C=O) groups excluding carboxylic acids is 2. The van der Waals surface area contributed by atoms with E-state index in [9.17, 15) is 9.59 Å². The Balaban J connectivity index is 1.84. The van der Waals surface area contributed by atoms with Crippen molar-refractivity contribution in [2.24, 2.45) is 0 Å². The van der Waals surface area contributed by atoms with Gasteiger partial charge >= 0.3 is 0 Å². The number of carbonyl (C=O) groups is 2. The Bertz CT molecular complexity index is 793. The van der Waals surface area contributed by atoms with Crippen LogP contribution >= 0.6 is 0 Å². The van der Waals surface area contributed by atoms with E-state index in [1.54, 1.807) is 20.4 Å². The normalized spacial score (nSPS) is 20.2. The maximum Gasteiger partial charge on any atom is 0.255 e. The van der Waals surface area contributed by atoms with E-state index in [-0.39, 0.29) is 24.0 Å². The number of likely N-dealkylation sites (tertiary alicyclic amines) is 1. The molecule has 1 aromatic heterocycles. The van der Waals surface area contributed by atoms with Crippen molar-refractivity contribution >= 4 is 22.7 Å². The highest BCUT2D eigenvalue weighted by Gasteiger charge is 2.35. The van der Waals surface area contributed by atoms with Gasteiger partial charge in [-0.15, -0.1) is 0 Å². The van der Waals surface area contributed by atoms with Gasteiger partial charge in [0.15, 0.2) is 0 Å². The van der Waals surface area contributed by atoms with Gasteiger partial charge < -0.3 is 15.0 Å².